The Balaban J connectivity index is 1.99. The first-order valence-corrected chi connectivity index (χ1v) is 7.63. The second-order valence-corrected chi connectivity index (χ2v) is 5.30. The van der Waals surface area contributed by atoms with Crippen molar-refractivity contribution < 1.29 is 13.9 Å². The van der Waals surface area contributed by atoms with E-state index in [9.17, 15) is 4.79 Å². The summed E-state index contributed by atoms with van der Waals surface area (Å²) in [6.45, 7) is 2.39. The van der Waals surface area contributed by atoms with E-state index in [1.165, 1.54) is 0 Å². The number of hydrogen-bond acceptors (Lipinski definition) is 3. The molecule has 0 fully saturated rings. The molecule has 0 unspecified atom stereocenters. The molecule has 23 heavy (non-hydrogen) atoms. The smallest absolute Gasteiger partial charge is 0.291 e. The zero-order chi connectivity index (χ0) is 16.2. The topological polar surface area (TPSA) is 51.5 Å². The molecule has 1 aromatic heterocycles. The molecule has 0 bridgehead atoms. The number of carbonyl (C=O) groups is 1. The van der Waals surface area contributed by atoms with E-state index >= 15 is 0 Å². The van der Waals surface area contributed by atoms with E-state index in [1.807, 2.05) is 48.5 Å². The van der Waals surface area contributed by atoms with Crippen molar-refractivity contribution in [3.63, 3.8) is 0 Å². The molecule has 1 heterocycles. The summed E-state index contributed by atoms with van der Waals surface area (Å²) in [6.07, 6.45) is 0.849. The van der Waals surface area contributed by atoms with Gasteiger partial charge in [-0.15, -0.1) is 0 Å². The van der Waals surface area contributed by atoms with Gasteiger partial charge >= 0.3 is 0 Å². The second kappa shape index (κ2) is 6.67. The maximum atomic E-state index is 12.7. The average Bonchev–Trinajstić information content (AvgIpc) is 2.95. The third kappa shape index (κ3) is 2.98. The number of methoxy groups -OCH3 is 1. The predicted octanol–water partition coefficient (Wildman–Crippen LogP) is 4.39. The molecular formula is C19H19NO3. The molecule has 0 radical (unpaired) electrons. The highest BCUT2D eigenvalue weighted by atomic mass is 16.5. The lowest BCUT2D eigenvalue weighted by Crippen LogP contribution is -2.14. The number of benzene rings is 2. The molecule has 0 atom stereocenters. The fourth-order valence-corrected chi connectivity index (χ4v) is 2.70. The van der Waals surface area contributed by atoms with Gasteiger partial charge in [-0.3, -0.25) is 4.79 Å². The van der Waals surface area contributed by atoms with Gasteiger partial charge in [0.05, 0.1) is 6.61 Å². The Bertz CT molecular complexity index is 836. The van der Waals surface area contributed by atoms with Crippen LogP contribution >= 0.6 is 0 Å². The van der Waals surface area contributed by atoms with Crippen LogP contribution in [0.5, 0.6) is 0 Å². The van der Waals surface area contributed by atoms with E-state index in [2.05, 4.69) is 12.2 Å². The van der Waals surface area contributed by atoms with Crippen LogP contribution in [0.2, 0.25) is 0 Å². The number of rotatable bonds is 5. The Morgan fingerprint density at radius 3 is 2.65 bits per heavy atom. The van der Waals surface area contributed by atoms with Gasteiger partial charge in [-0.1, -0.05) is 43.3 Å². The number of anilines is 1. The van der Waals surface area contributed by atoms with E-state index in [4.69, 9.17) is 9.15 Å². The first-order chi connectivity index (χ1) is 11.2. The first kappa shape index (κ1) is 15.3. The van der Waals surface area contributed by atoms with Gasteiger partial charge in [-0.25, -0.2) is 0 Å². The minimum Gasteiger partial charge on any atom is -0.451 e. The van der Waals surface area contributed by atoms with Crippen LogP contribution < -0.4 is 5.32 Å². The van der Waals surface area contributed by atoms with Gasteiger partial charge in [0.1, 0.15) is 5.58 Å². The lowest BCUT2D eigenvalue weighted by molar-refractivity contribution is 0.0992. The first-order valence-electron chi connectivity index (χ1n) is 7.63. The van der Waals surface area contributed by atoms with E-state index in [-0.39, 0.29) is 5.91 Å². The molecule has 0 aliphatic carbocycles. The van der Waals surface area contributed by atoms with Gasteiger partial charge in [0.15, 0.2) is 5.76 Å². The number of nitrogens with one attached hydrogen (secondary N) is 1. The zero-order valence-electron chi connectivity index (χ0n) is 13.3. The molecule has 0 saturated heterocycles. The minimum atomic E-state index is -0.255. The molecule has 3 aromatic rings. The molecule has 118 valence electrons. The summed E-state index contributed by atoms with van der Waals surface area (Å²) < 4.78 is 11.0. The van der Waals surface area contributed by atoms with Crippen molar-refractivity contribution in [3.8, 4) is 0 Å². The minimum absolute atomic E-state index is 0.255. The molecule has 1 N–H and O–H groups in total. The summed E-state index contributed by atoms with van der Waals surface area (Å²) >= 11 is 0. The summed E-state index contributed by atoms with van der Waals surface area (Å²) in [5, 5.41) is 3.86. The fourth-order valence-electron chi connectivity index (χ4n) is 2.70. The van der Waals surface area contributed by atoms with Crippen molar-refractivity contribution in [1.29, 1.82) is 0 Å². The third-order valence-electron chi connectivity index (χ3n) is 3.84. The predicted molar refractivity (Wildman–Crippen MR) is 90.7 cm³/mol. The summed E-state index contributed by atoms with van der Waals surface area (Å²) in [7, 11) is 1.61. The Kier molecular flexibility index (Phi) is 4.44. The van der Waals surface area contributed by atoms with E-state index in [0.717, 1.165) is 28.6 Å². The average molecular weight is 309 g/mol. The number of carbonyl (C=O) groups excluding carboxylic acids is 1. The van der Waals surface area contributed by atoms with Gasteiger partial charge in [0, 0.05) is 23.7 Å². The number of amides is 1. The number of aryl methyl sites for hydroxylation is 1. The quantitative estimate of drug-likeness (QED) is 0.760. The molecule has 0 aliphatic heterocycles. The summed E-state index contributed by atoms with van der Waals surface area (Å²) in [4.78, 5) is 12.7. The van der Waals surface area contributed by atoms with Crippen LogP contribution in [0, 0.1) is 0 Å². The highest BCUT2D eigenvalue weighted by molar-refractivity contribution is 6.06. The van der Waals surface area contributed by atoms with Gasteiger partial charge in [-0.2, -0.15) is 0 Å². The van der Waals surface area contributed by atoms with Crippen LogP contribution in [-0.4, -0.2) is 13.0 Å². The van der Waals surface area contributed by atoms with Crippen LogP contribution in [0.15, 0.2) is 52.9 Å². The Labute approximate surface area is 135 Å². The van der Waals surface area contributed by atoms with Gasteiger partial charge in [0.25, 0.3) is 5.91 Å². The normalized spacial score (nSPS) is 10.9. The molecule has 4 heteroatoms. The van der Waals surface area contributed by atoms with Crippen molar-refractivity contribution in [2.45, 2.75) is 20.0 Å². The summed E-state index contributed by atoms with van der Waals surface area (Å²) in [6, 6.07) is 15.4. The SMILES string of the molecule is CCc1ccccc1NC(=O)c1oc2ccccc2c1COC. The van der Waals surface area contributed by atoms with Crippen LogP contribution in [0.3, 0.4) is 0 Å². The second-order valence-electron chi connectivity index (χ2n) is 5.30. The molecule has 0 spiro atoms. The fraction of sp³-hybridized carbons (Fsp3) is 0.211. The zero-order valence-corrected chi connectivity index (χ0v) is 13.3. The van der Waals surface area contributed by atoms with Crippen LogP contribution in [0.4, 0.5) is 5.69 Å². The molecule has 3 rings (SSSR count). The highest BCUT2D eigenvalue weighted by Crippen LogP contribution is 2.27. The third-order valence-corrected chi connectivity index (χ3v) is 3.84. The van der Waals surface area contributed by atoms with Crippen LogP contribution in [-0.2, 0) is 17.8 Å². The number of ether oxygens (including phenoxy) is 1. The van der Waals surface area contributed by atoms with Gasteiger partial charge in [-0.05, 0) is 24.1 Å². The van der Waals surface area contributed by atoms with Crippen molar-refractivity contribution in [2.24, 2.45) is 0 Å². The summed E-state index contributed by atoms with van der Waals surface area (Å²) in [5.41, 5.74) is 3.36. The Morgan fingerprint density at radius 2 is 1.87 bits per heavy atom. The Hall–Kier alpha value is -2.59. The van der Waals surface area contributed by atoms with Crippen LogP contribution in [0.1, 0.15) is 28.6 Å². The maximum Gasteiger partial charge on any atom is 0.291 e. The monoisotopic (exact) mass is 309 g/mol. The molecule has 2 aromatic carbocycles. The molecule has 4 nitrogen and oxygen atoms in total. The van der Waals surface area contributed by atoms with Crippen molar-refractivity contribution in [1.82, 2.24) is 0 Å². The van der Waals surface area contributed by atoms with Crippen LogP contribution in [0.25, 0.3) is 11.0 Å². The highest BCUT2D eigenvalue weighted by Gasteiger charge is 2.20. The lowest BCUT2D eigenvalue weighted by atomic mass is 10.1. The molecule has 0 saturated carbocycles. The van der Waals surface area contributed by atoms with E-state index in [1.54, 1.807) is 7.11 Å². The number of hydrogen-bond donors (Lipinski definition) is 1. The van der Waals surface area contributed by atoms with Crippen molar-refractivity contribution in [2.75, 3.05) is 12.4 Å². The lowest BCUT2D eigenvalue weighted by Gasteiger charge is -2.09. The van der Waals surface area contributed by atoms with Gasteiger partial charge in [0.2, 0.25) is 0 Å². The standard InChI is InChI=1S/C19H19NO3/c1-3-13-8-4-6-10-16(13)20-19(21)18-15(12-22-2)14-9-5-7-11-17(14)23-18/h4-11H,3,12H2,1-2H3,(H,20,21). The molecule has 0 aliphatic rings. The van der Waals surface area contributed by atoms with E-state index < -0.39 is 0 Å². The number of para-hydroxylation sites is 2. The van der Waals surface area contributed by atoms with Gasteiger partial charge < -0.3 is 14.5 Å². The largest absolute Gasteiger partial charge is 0.451 e. The maximum absolute atomic E-state index is 12.7. The molecular weight excluding hydrogens is 290 g/mol. The Morgan fingerprint density at radius 1 is 1.13 bits per heavy atom. The van der Waals surface area contributed by atoms with E-state index in [0.29, 0.717) is 18.0 Å². The summed E-state index contributed by atoms with van der Waals surface area (Å²) in [5.74, 6) is 0.0492. The number of fused-ring (bicyclic) bond motifs is 1. The molecule has 1 amide bonds. The number of furan rings is 1. The van der Waals surface area contributed by atoms with Crippen molar-refractivity contribution in [3.05, 3.63) is 65.4 Å². The van der Waals surface area contributed by atoms with Crippen molar-refractivity contribution >= 4 is 22.6 Å².